The molecular formula is C61H76BN3Si. The maximum Gasteiger partial charge on any atom is 0.252 e. The van der Waals surface area contributed by atoms with Gasteiger partial charge in [0, 0.05) is 55.6 Å². The van der Waals surface area contributed by atoms with Crippen molar-refractivity contribution in [2.45, 2.75) is 199 Å². The molecule has 6 aliphatic rings. The first-order chi connectivity index (χ1) is 30.7. The van der Waals surface area contributed by atoms with E-state index < -0.39 is 8.07 Å². The van der Waals surface area contributed by atoms with Crippen molar-refractivity contribution in [2.75, 3.05) is 9.80 Å². The van der Waals surface area contributed by atoms with Gasteiger partial charge in [0.15, 0.2) is 0 Å². The first kappa shape index (κ1) is 43.1. The van der Waals surface area contributed by atoms with E-state index in [0.29, 0.717) is 0 Å². The normalized spacial score (nSPS) is 26.5. The Morgan fingerprint density at radius 1 is 0.515 bits per heavy atom. The highest BCUT2D eigenvalue weighted by molar-refractivity contribution is 7.01. The number of anilines is 4. The SMILES string of the molecule is CC(C)(C)c1ccc2c(c1)C1(C)CCCCC1(C)N2c1cc2c3c(c1)-n1c4ccc(C(C)(C)C)cc4c4cc(C(C)(C)C)cc(c41)B3c1cc([Si](C)(C)C)cc3c1N2C1(C)CCCCC31C. The molecule has 5 heteroatoms. The molecule has 2 aliphatic carbocycles. The molecule has 342 valence electrons. The van der Waals surface area contributed by atoms with Gasteiger partial charge in [-0.15, -0.1) is 0 Å². The van der Waals surface area contributed by atoms with E-state index in [4.69, 9.17) is 0 Å². The van der Waals surface area contributed by atoms with Crippen LogP contribution in [-0.4, -0.2) is 30.4 Å². The van der Waals surface area contributed by atoms with Gasteiger partial charge < -0.3 is 14.4 Å². The van der Waals surface area contributed by atoms with E-state index in [9.17, 15) is 0 Å². The van der Waals surface area contributed by atoms with E-state index in [1.165, 1.54) is 124 Å². The molecule has 0 spiro atoms. The lowest BCUT2D eigenvalue weighted by molar-refractivity contribution is 0.194. The fraction of sp³-hybridized carbons (Fsp3) is 0.508. The number of fused-ring (bicyclic) bond motifs is 13. The molecule has 0 amide bonds. The van der Waals surface area contributed by atoms with Crippen molar-refractivity contribution in [3.05, 3.63) is 101 Å². The summed E-state index contributed by atoms with van der Waals surface area (Å²) in [6, 6.07) is 31.3. The van der Waals surface area contributed by atoms with E-state index >= 15 is 0 Å². The predicted molar refractivity (Wildman–Crippen MR) is 290 cm³/mol. The van der Waals surface area contributed by atoms with Crippen LogP contribution in [0.5, 0.6) is 0 Å². The molecule has 5 aromatic carbocycles. The Morgan fingerprint density at radius 2 is 1.08 bits per heavy atom. The van der Waals surface area contributed by atoms with Gasteiger partial charge in [0.05, 0.1) is 24.7 Å². The van der Waals surface area contributed by atoms with Crippen LogP contribution < -0.4 is 31.4 Å². The third kappa shape index (κ3) is 5.28. The maximum absolute atomic E-state index is 2.99. The Hall–Kier alpha value is -4.22. The minimum Gasteiger partial charge on any atom is -0.335 e. The molecule has 2 fully saturated rings. The van der Waals surface area contributed by atoms with Gasteiger partial charge in [0.1, 0.15) is 0 Å². The third-order valence-electron chi connectivity index (χ3n) is 19.5. The molecule has 3 nitrogen and oxygen atoms in total. The van der Waals surface area contributed by atoms with Crippen molar-refractivity contribution in [3.63, 3.8) is 0 Å². The predicted octanol–water partition coefficient (Wildman–Crippen LogP) is 13.8. The van der Waals surface area contributed by atoms with Gasteiger partial charge >= 0.3 is 0 Å². The fourth-order valence-electron chi connectivity index (χ4n) is 14.9. The van der Waals surface area contributed by atoms with Crippen LogP contribution in [0.4, 0.5) is 22.7 Å². The summed E-state index contributed by atoms with van der Waals surface area (Å²) >= 11 is 0. The fourth-order valence-corrected chi connectivity index (χ4v) is 16.1. The topological polar surface area (TPSA) is 11.4 Å². The second kappa shape index (κ2) is 12.9. The molecule has 6 aromatic rings. The zero-order chi connectivity index (χ0) is 46.8. The first-order valence-corrected chi connectivity index (χ1v) is 29.5. The van der Waals surface area contributed by atoms with Crippen molar-refractivity contribution in [2.24, 2.45) is 0 Å². The Bertz CT molecular complexity index is 3130. The van der Waals surface area contributed by atoms with Crippen molar-refractivity contribution < 1.29 is 0 Å². The smallest absolute Gasteiger partial charge is 0.252 e. The second-order valence-electron chi connectivity index (χ2n) is 27.4. The Kier molecular flexibility index (Phi) is 8.42. The van der Waals surface area contributed by atoms with Crippen LogP contribution in [0.1, 0.15) is 169 Å². The van der Waals surface area contributed by atoms with Gasteiger partial charge in [0.25, 0.3) is 6.71 Å². The van der Waals surface area contributed by atoms with Gasteiger partial charge in [-0.05, 0) is 136 Å². The highest BCUT2D eigenvalue weighted by atomic mass is 28.3. The molecule has 4 unspecified atom stereocenters. The molecule has 66 heavy (non-hydrogen) atoms. The van der Waals surface area contributed by atoms with E-state index in [0.717, 1.165) is 0 Å². The quantitative estimate of drug-likeness (QED) is 0.160. The second-order valence-corrected chi connectivity index (χ2v) is 32.4. The molecule has 5 heterocycles. The van der Waals surface area contributed by atoms with E-state index in [2.05, 4.69) is 197 Å². The van der Waals surface area contributed by atoms with Gasteiger partial charge in [-0.2, -0.15) is 0 Å². The summed E-state index contributed by atoms with van der Waals surface area (Å²) in [6.07, 6.45) is 10.00. The van der Waals surface area contributed by atoms with Crippen LogP contribution in [0, 0.1) is 0 Å². The lowest BCUT2D eigenvalue weighted by Gasteiger charge is -2.53. The molecule has 0 saturated heterocycles. The van der Waals surface area contributed by atoms with Crippen LogP contribution in [0.2, 0.25) is 19.6 Å². The summed E-state index contributed by atoms with van der Waals surface area (Å²) in [6.45, 7) is 40.0. The summed E-state index contributed by atoms with van der Waals surface area (Å²) < 4.78 is 2.77. The van der Waals surface area contributed by atoms with E-state index in [1.54, 1.807) is 27.5 Å². The molecule has 0 radical (unpaired) electrons. The summed E-state index contributed by atoms with van der Waals surface area (Å²) in [5, 5.41) is 4.42. The zero-order valence-corrected chi connectivity index (χ0v) is 44.5. The summed E-state index contributed by atoms with van der Waals surface area (Å²) in [7, 11) is -1.73. The van der Waals surface area contributed by atoms with E-state index in [-0.39, 0.29) is 44.9 Å². The van der Waals surface area contributed by atoms with Crippen molar-refractivity contribution in [3.8, 4) is 5.69 Å². The first-order valence-electron chi connectivity index (χ1n) is 26.0. The van der Waals surface area contributed by atoms with Gasteiger partial charge in [-0.3, -0.25) is 0 Å². The van der Waals surface area contributed by atoms with Gasteiger partial charge in [-0.25, -0.2) is 0 Å². The Balaban J connectivity index is 1.26. The van der Waals surface area contributed by atoms with Crippen LogP contribution in [0.15, 0.2) is 72.8 Å². The summed E-state index contributed by atoms with van der Waals surface area (Å²) in [5.74, 6) is 0. The highest BCUT2D eigenvalue weighted by Crippen LogP contribution is 2.64. The maximum atomic E-state index is 2.99. The molecule has 0 bridgehead atoms. The molecule has 12 rings (SSSR count). The lowest BCUT2D eigenvalue weighted by atomic mass is 9.33. The number of hydrogen-bond acceptors (Lipinski definition) is 2. The molecule has 4 atom stereocenters. The minimum absolute atomic E-state index is 0.00940. The average Bonchev–Trinajstić information content (AvgIpc) is 3.75. The standard InChI is InChI=1S/C61H76BN3Si/c1-55(2,3)37-21-23-48-42(29-37)43-30-39(57(7,8)9)32-46-53(43)63(48)50-33-40(64-49-24-22-38(56(4,5)6)31-44(49)58(10)25-17-19-27-60(58,64)12)34-51-52(50)62(46)47-36-41(66(14,15)16)35-45-54(47)65(51)61(13)28-20-18-26-59(45,61)11/h21-24,29-36H,17-20,25-28H2,1-16H3. The van der Waals surface area contributed by atoms with Crippen molar-refractivity contribution >= 4 is 80.9 Å². The number of rotatable bonds is 2. The molecular weight excluding hydrogens is 814 g/mol. The number of benzene rings is 5. The van der Waals surface area contributed by atoms with Crippen LogP contribution in [-0.2, 0) is 27.1 Å². The third-order valence-corrected chi connectivity index (χ3v) is 21.5. The number of nitrogens with zero attached hydrogens (tertiary/aromatic N) is 3. The Labute approximate surface area is 398 Å². The summed E-state index contributed by atoms with van der Waals surface area (Å²) in [5.41, 5.74) is 22.1. The van der Waals surface area contributed by atoms with Gasteiger partial charge in [-0.1, -0.05) is 163 Å². The van der Waals surface area contributed by atoms with Crippen LogP contribution in [0.3, 0.4) is 0 Å². The monoisotopic (exact) mass is 890 g/mol. The number of hydrogen-bond donors (Lipinski definition) is 0. The summed E-state index contributed by atoms with van der Waals surface area (Å²) in [4.78, 5) is 5.88. The van der Waals surface area contributed by atoms with Crippen molar-refractivity contribution in [1.82, 2.24) is 4.57 Å². The van der Waals surface area contributed by atoms with Crippen LogP contribution in [0.25, 0.3) is 27.5 Å². The van der Waals surface area contributed by atoms with Crippen molar-refractivity contribution in [1.29, 1.82) is 0 Å². The number of aromatic nitrogens is 1. The average molecular weight is 890 g/mol. The molecule has 2 saturated carbocycles. The Morgan fingerprint density at radius 3 is 1.71 bits per heavy atom. The largest absolute Gasteiger partial charge is 0.335 e. The highest BCUT2D eigenvalue weighted by Gasteiger charge is 2.63. The minimum atomic E-state index is -1.73. The lowest BCUT2D eigenvalue weighted by Crippen LogP contribution is -2.64. The molecule has 1 aromatic heterocycles. The molecule has 0 N–H and O–H groups in total. The van der Waals surface area contributed by atoms with Gasteiger partial charge in [0.2, 0.25) is 0 Å². The molecule has 4 aliphatic heterocycles. The zero-order valence-electron chi connectivity index (χ0n) is 43.5. The van der Waals surface area contributed by atoms with Crippen LogP contribution >= 0.6 is 0 Å². The van der Waals surface area contributed by atoms with E-state index in [1.807, 2.05) is 0 Å².